The smallest absolute Gasteiger partial charge is 0.262 e. The monoisotopic (exact) mass is 532 g/mol. The van der Waals surface area contributed by atoms with E-state index in [2.05, 4.69) is 33.2 Å². The lowest BCUT2D eigenvalue weighted by molar-refractivity contribution is -0.118. The Morgan fingerprint density at radius 3 is 2.39 bits per heavy atom. The number of methoxy groups -OCH3 is 1. The Morgan fingerprint density at radius 1 is 0.968 bits per heavy atom. The second kappa shape index (κ2) is 11.5. The number of nitrogens with one attached hydrogen (secondary N) is 2. The van der Waals surface area contributed by atoms with Crippen LogP contribution in [-0.4, -0.2) is 26.2 Å². The summed E-state index contributed by atoms with van der Waals surface area (Å²) in [6, 6.07) is 21.0. The van der Waals surface area contributed by atoms with E-state index < -0.39 is 0 Å². The van der Waals surface area contributed by atoms with Crippen LogP contribution in [0.2, 0.25) is 0 Å². The fraction of sp³-hybridized carbons (Fsp3) is 0.208. The van der Waals surface area contributed by atoms with E-state index in [4.69, 9.17) is 14.2 Å². The van der Waals surface area contributed by atoms with Gasteiger partial charge in [0, 0.05) is 17.9 Å². The molecule has 2 N–H and O–H groups in total. The van der Waals surface area contributed by atoms with Crippen LogP contribution in [-0.2, 0) is 11.3 Å². The number of anilines is 2. The maximum atomic E-state index is 12.2. The number of hydrogen-bond donors (Lipinski definition) is 2. The first-order valence-corrected chi connectivity index (χ1v) is 11.0. The molecule has 0 radical (unpaired) electrons. The first-order chi connectivity index (χ1) is 15.1. The summed E-state index contributed by atoms with van der Waals surface area (Å²) in [5.41, 5.74) is 2.77. The molecule has 3 aromatic carbocycles. The average Bonchev–Trinajstić information content (AvgIpc) is 2.78. The lowest BCUT2D eigenvalue weighted by Gasteiger charge is -2.16. The van der Waals surface area contributed by atoms with Gasteiger partial charge in [-0.05, 0) is 83.6 Å². The van der Waals surface area contributed by atoms with E-state index >= 15 is 0 Å². The van der Waals surface area contributed by atoms with E-state index in [1.807, 2.05) is 73.7 Å². The molecule has 0 bridgehead atoms. The van der Waals surface area contributed by atoms with Crippen molar-refractivity contribution in [2.24, 2.45) is 0 Å². The molecule has 31 heavy (non-hydrogen) atoms. The lowest BCUT2D eigenvalue weighted by atomic mass is 10.2. The van der Waals surface area contributed by atoms with Gasteiger partial charge < -0.3 is 24.8 Å². The van der Waals surface area contributed by atoms with E-state index in [1.54, 1.807) is 7.11 Å². The first-order valence-electron chi connectivity index (χ1n) is 9.90. The van der Waals surface area contributed by atoms with Crippen LogP contribution in [0.3, 0.4) is 0 Å². The normalized spacial score (nSPS) is 10.3. The summed E-state index contributed by atoms with van der Waals surface area (Å²) in [5.74, 6) is 1.78. The maximum Gasteiger partial charge on any atom is 0.262 e. The summed E-state index contributed by atoms with van der Waals surface area (Å²) in [5, 5.41) is 6.20. The van der Waals surface area contributed by atoms with Gasteiger partial charge in [0.15, 0.2) is 18.1 Å². The van der Waals surface area contributed by atoms with Crippen LogP contribution in [0.5, 0.6) is 17.2 Å². The van der Waals surface area contributed by atoms with E-state index in [0.29, 0.717) is 24.7 Å². The third kappa shape index (κ3) is 6.78. The third-order valence-corrected chi connectivity index (χ3v) is 5.16. The molecule has 6 nitrogen and oxygen atoms in total. The summed E-state index contributed by atoms with van der Waals surface area (Å²) >= 11 is 2.20. The zero-order valence-electron chi connectivity index (χ0n) is 17.5. The SMILES string of the molecule is CCOc1cc(CNc2ccc(OC)cc2)cc(I)c1OCC(=O)Nc1ccccc1. The average molecular weight is 532 g/mol. The standard InChI is InChI=1S/C24H25IN2O4/c1-3-30-22-14-17(15-26-18-9-11-20(29-2)12-10-18)13-21(25)24(22)31-16-23(28)27-19-7-5-4-6-8-19/h4-14,26H,3,15-16H2,1-2H3,(H,27,28). The molecule has 0 aliphatic rings. The number of halogens is 1. The number of amides is 1. The summed E-state index contributed by atoms with van der Waals surface area (Å²) in [6.07, 6.45) is 0. The molecular formula is C24H25IN2O4. The van der Waals surface area contributed by atoms with Gasteiger partial charge in [0.05, 0.1) is 17.3 Å². The predicted octanol–water partition coefficient (Wildman–Crippen LogP) is 5.33. The summed E-state index contributed by atoms with van der Waals surface area (Å²) in [4.78, 5) is 12.2. The Balaban J connectivity index is 1.65. The second-order valence-corrected chi connectivity index (χ2v) is 7.79. The van der Waals surface area contributed by atoms with Gasteiger partial charge in [0.1, 0.15) is 5.75 Å². The van der Waals surface area contributed by atoms with Crippen LogP contribution >= 0.6 is 22.6 Å². The van der Waals surface area contributed by atoms with Crippen molar-refractivity contribution < 1.29 is 19.0 Å². The van der Waals surface area contributed by atoms with Crippen molar-refractivity contribution in [2.45, 2.75) is 13.5 Å². The Labute approximate surface area is 196 Å². The number of para-hydroxylation sites is 1. The fourth-order valence-electron chi connectivity index (χ4n) is 2.90. The van der Waals surface area contributed by atoms with Gasteiger partial charge >= 0.3 is 0 Å². The largest absolute Gasteiger partial charge is 0.497 e. The molecular weight excluding hydrogens is 507 g/mol. The predicted molar refractivity (Wildman–Crippen MR) is 131 cm³/mol. The molecule has 3 rings (SSSR count). The maximum absolute atomic E-state index is 12.2. The highest BCUT2D eigenvalue weighted by atomic mass is 127. The Kier molecular flexibility index (Phi) is 8.40. The molecule has 162 valence electrons. The van der Waals surface area contributed by atoms with Crippen LogP contribution in [0.1, 0.15) is 12.5 Å². The lowest BCUT2D eigenvalue weighted by Crippen LogP contribution is -2.20. The van der Waals surface area contributed by atoms with Crippen LogP contribution in [0.4, 0.5) is 11.4 Å². The van der Waals surface area contributed by atoms with Gasteiger partial charge in [-0.15, -0.1) is 0 Å². The minimum Gasteiger partial charge on any atom is -0.497 e. The van der Waals surface area contributed by atoms with Crippen molar-refractivity contribution in [3.05, 3.63) is 75.9 Å². The summed E-state index contributed by atoms with van der Waals surface area (Å²) < 4.78 is 17.7. The van der Waals surface area contributed by atoms with Gasteiger partial charge in [-0.1, -0.05) is 18.2 Å². The highest BCUT2D eigenvalue weighted by Gasteiger charge is 2.14. The van der Waals surface area contributed by atoms with Gasteiger partial charge in [-0.3, -0.25) is 4.79 Å². The second-order valence-electron chi connectivity index (χ2n) is 6.62. The van der Waals surface area contributed by atoms with Crippen molar-refractivity contribution in [2.75, 3.05) is 31.0 Å². The van der Waals surface area contributed by atoms with Crippen molar-refractivity contribution in [1.29, 1.82) is 0 Å². The minimum absolute atomic E-state index is 0.103. The number of benzene rings is 3. The topological polar surface area (TPSA) is 68.8 Å². The van der Waals surface area contributed by atoms with E-state index in [9.17, 15) is 4.79 Å². The molecule has 7 heteroatoms. The molecule has 0 aliphatic heterocycles. The van der Waals surface area contributed by atoms with Crippen molar-refractivity contribution in [1.82, 2.24) is 0 Å². The van der Waals surface area contributed by atoms with E-state index in [0.717, 1.165) is 26.3 Å². The fourth-order valence-corrected chi connectivity index (χ4v) is 3.72. The van der Waals surface area contributed by atoms with Crippen molar-refractivity contribution in [3.63, 3.8) is 0 Å². The third-order valence-electron chi connectivity index (χ3n) is 4.36. The van der Waals surface area contributed by atoms with Gasteiger partial charge in [0.25, 0.3) is 5.91 Å². The van der Waals surface area contributed by atoms with Gasteiger partial charge in [-0.25, -0.2) is 0 Å². The van der Waals surface area contributed by atoms with Crippen LogP contribution < -0.4 is 24.8 Å². The van der Waals surface area contributed by atoms with Crippen LogP contribution in [0.25, 0.3) is 0 Å². The Bertz CT molecular complexity index is 994. The van der Waals surface area contributed by atoms with Gasteiger partial charge in [-0.2, -0.15) is 0 Å². The Morgan fingerprint density at radius 2 is 1.71 bits per heavy atom. The molecule has 0 saturated carbocycles. The molecule has 0 atom stereocenters. The van der Waals surface area contributed by atoms with E-state index in [1.165, 1.54) is 0 Å². The molecule has 0 fully saturated rings. The number of ether oxygens (including phenoxy) is 3. The summed E-state index contributed by atoms with van der Waals surface area (Å²) in [7, 11) is 1.65. The highest BCUT2D eigenvalue weighted by molar-refractivity contribution is 14.1. The quantitative estimate of drug-likeness (QED) is 0.346. The molecule has 0 aliphatic carbocycles. The molecule has 0 unspecified atom stereocenters. The van der Waals surface area contributed by atoms with Crippen LogP contribution in [0.15, 0.2) is 66.7 Å². The minimum atomic E-state index is -0.227. The van der Waals surface area contributed by atoms with Crippen molar-refractivity contribution >= 4 is 39.9 Å². The molecule has 0 spiro atoms. The number of carbonyl (C=O) groups excluding carboxylic acids is 1. The first kappa shape index (κ1) is 22.7. The molecule has 0 heterocycles. The number of carbonyl (C=O) groups is 1. The zero-order valence-corrected chi connectivity index (χ0v) is 19.6. The van der Waals surface area contributed by atoms with E-state index in [-0.39, 0.29) is 12.5 Å². The zero-order chi connectivity index (χ0) is 22.1. The van der Waals surface area contributed by atoms with Crippen molar-refractivity contribution in [3.8, 4) is 17.2 Å². The number of rotatable bonds is 10. The number of hydrogen-bond acceptors (Lipinski definition) is 5. The molecule has 1 amide bonds. The molecule has 0 saturated heterocycles. The van der Waals surface area contributed by atoms with Gasteiger partial charge in [0.2, 0.25) is 0 Å². The van der Waals surface area contributed by atoms with Crippen LogP contribution in [0, 0.1) is 3.57 Å². The summed E-state index contributed by atoms with van der Waals surface area (Å²) in [6.45, 7) is 2.94. The molecule has 0 aromatic heterocycles. The highest BCUT2D eigenvalue weighted by Crippen LogP contribution is 2.34. The molecule has 3 aromatic rings. The Hall–Kier alpha value is -2.94.